The van der Waals surface area contributed by atoms with E-state index in [0.717, 1.165) is 18.5 Å². The van der Waals surface area contributed by atoms with Crippen LogP contribution in [0.4, 0.5) is 4.39 Å². The second kappa shape index (κ2) is 5.15. The highest BCUT2D eigenvalue weighted by Crippen LogP contribution is 2.37. The number of piperidine rings is 1. The summed E-state index contributed by atoms with van der Waals surface area (Å²) >= 11 is 3.23. The number of halogens is 2. The molecule has 0 radical (unpaired) electrons. The second-order valence-electron chi connectivity index (χ2n) is 3.99. The summed E-state index contributed by atoms with van der Waals surface area (Å²) in [6, 6.07) is 3.57. The Labute approximate surface area is 103 Å². The summed E-state index contributed by atoms with van der Waals surface area (Å²) < 4.78 is 19.1. The minimum absolute atomic E-state index is 0.278. The van der Waals surface area contributed by atoms with E-state index in [0.29, 0.717) is 10.2 Å². The average molecular weight is 288 g/mol. The first kappa shape index (κ1) is 11.9. The molecule has 0 saturated carbocycles. The van der Waals surface area contributed by atoms with Crippen molar-refractivity contribution in [3.05, 3.63) is 28.0 Å². The van der Waals surface area contributed by atoms with E-state index in [2.05, 4.69) is 21.2 Å². The normalized spacial score (nSPS) is 20.8. The molecule has 16 heavy (non-hydrogen) atoms. The standard InChI is InChI=1S/C12H15BrFNO/c1-16-12-8(5-6-9(14)11(12)13)10-4-2-3-7-15-10/h5-6,10,15H,2-4,7H2,1H3. The first-order chi connectivity index (χ1) is 7.74. The van der Waals surface area contributed by atoms with Gasteiger partial charge < -0.3 is 10.1 Å². The van der Waals surface area contributed by atoms with Crippen LogP contribution in [0.5, 0.6) is 5.75 Å². The van der Waals surface area contributed by atoms with Gasteiger partial charge in [-0.2, -0.15) is 0 Å². The van der Waals surface area contributed by atoms with Crippen LogP contribution in [0, 0.1) is 5.82 Å². The molecule has 2 rings (SSSR count). The van der Waals surface area contributed by atoms with Crippen LogP contribution in [0.1, 0.15) is 30.9 Å². The van der Waals surface area contributed by atoms with Gasteiger partial charge in [0.25, 0.3) is 0 Å². The first-order valence-electron chi connectivity index (χ1n) is 5.49. The van der Waals surface area contributed by atoms with Crippen molar-refractivity contribution in [3.8, 4) is 5.75 Å². The Morgan fingerprint density at radius 1 is 1.44 bits per heavy atom. The van der Waals surface area contributed by atoms with Gasteiger partial charge in [-0.1, -0.05) is 12.5 Å². The molecule has 0 bridgehead atoms. The van der Waals surface area contributed by atoms with Crippen LogP contribution in [0.3, 0.4) is 0 Å². The molecule has 1 saturated heterocycles. The van der Waals surface area contributed by atoms with E-state index in [-0.39, 0.29) is 11.9 Å². The van der Waals surface area contributed by atoms with E-state index in [9.17, 15) is 4.39 Å². The number of nitrogens with one attached hydrogen (secondary N) is 1. The fourth-order valence-electron chi connectivity index (χ4n) is 2.15. The van der Waals surface area contributed by atoms with Crippen molar-refractivity contribution in [2.75, 3.05) is 13.7 Å². The maximum absolute atomic E-state index is 13.4. The molecule has 1 atom stereocenters. The highest BCUT2D eigenvalue weighted by atomic mass is 79.9. The van der Waals surface area contributed by atoms with Gasteiger partial charge in [0.05, 0.1) is 11.6 Å². The van der Waals surface area contributed by atoms with Crippen molar-refractivity contribution in [2.45, 2.75) is 25.3 Å². The molecule has 0 aromatic heterocycles. The molecule has 1 fully saturated rings. The van der Waals surface area contributed by atoms with Gasteiger partial charge in [-0.25, -0.2) is 4.39 Å². The van der Waals surface area contributed by atoms with Crippen molar-refractivity contribution in [2.24, 2.45) is 0 Å². The topological polar surface area (TPSA) is 21.3 Å². The summed E-state index contributed by atoms with van der Waals surface area (Å²) in [7, 11) is 1.58. The number of ether oxygens (including phenoxy) is 1. The molecule has 4 heteroatoms. The molecule has 0 aliphatic carbocycles. The predicted molar refractivity (Wildman–Crippen MR) is 65.2 cm³/mol. The monoisotopic (exact) mass is 287 g/mol. The van der Waals surface area contributed by atoms with E-state index in [1.165, 1.54) is 18.9 Å². The quantitative estimate of drug-likeness (QED) is 0.900. The zero-order valence-corrected chi connectivity index (χ0v) is 10.8. The maximum Gasteiger partial charge on any atom is 0.141 e. The van der Waals surface area contributed by atoms with Crippen molar-refractivity contribution < 1.29 is 9.13 Å². The lowest BCUT2D eigenvalue weighted by molar-refractivity contribution is 0.369. The Balaban J connectivity index is 2.35. The Morgan fingerprint density at radius 2 is 2.25 bits per heavy atom. The molecule has 1 unspecified atom stereocenters. The molecule has 2 nitrogen and oxygen atoms in total. The molecule has 88 valence electrons. The lowest BCUT2D eigenvalue weighted by Crippen LogP contribution is -2.27. The number of benzene rings is 1. The van der Waals surface area contributed by atoms with E-state index < -0.39 is 0 Å². The van der Waals surface area contributed by atoms with Crippen LogP contribution in [0.15, 0.2) is 16.6 Å². The van der Waals surface area contributed by atoms with Crippen molar-refractivity contribution in [1.82, 2.24) is 5.32 Å². The van der Waals surface area contributed by atoms with Crippen LogP contribution in [-0.4, -0.2) is 13.7 Å². The molecule has 1 aliphatic heterocycles. The molecule has 0 amide bonds. The predicted octanol–water partition coefficient (Wildman–Crippen LogP) is 3.41. The first-order valence-corrected chi connectivity index (χ1v) is 6.28. The van der Waals surface area contributed by atoms with Gasteiger partial charge in [0.2, 0.25) is 0 Å². The van der Waals surface area contributed by atoms with Gasteiger partial charge in [-0.05, 0) is 41.4 Å². The summed E-state index contributed by atoms with van der Waals surface area (Å²) in [6.07, 6.45) is 3.49. The molecule has 0 spiro atoms. The van der Waals surface area contributed by atoms with Crippen molar-refractivity contribution in [3.63, 3.8) is 0 Å². The molecule has 1 aromatic rings. The van der Waals surface area contributed by atoms with Crippen molar-refractivity contribution >= 4 is 15.9 Å². The van der Waals surface area contributed by atoms with Crippen LogP contribution in [-0.2, 0) is 0 Å². The number of hydrogen-bond acceptors (Lipinski definition) is 2. The summed E-state index contributed by atoms with van der Waals surface area (Å²) in [5.74, 6) is 0.329. The zero-order valence-electron chi connectivity index (χ0n) is 9.22. The summed E-state index contributed by atoms with van der Waals surface area (Å²) in [5.41, 5.74) is 1.04. The number of hydrogen-bond donors (Lipinski definition) is 1. The highest BCUT2D eigenvalue weighted by Gasteiger charge is 2.21. The third-order valence-electron chi connectivity index (χ3n) is 2.97. The lowest BCUT2D eigenvalue weighted by Gasteiger charge is -2.25. The van der Waals surface area contributed by atoms with Gasteiger partial charge in [-0.3, -0.25) is 0 Å². The largest absolute Gasteiger partial charge is 0.495 e. The Morgan fingerprint density at radius 3 is 2.88 bits per heavy atom. The minimum Gasteiger partial charge on any atom is -0.495 e. The SMILES string of the molecule is COc1c(C2CCCCN2)ccc(F)c1Br. The van der Waals surface area contributed by atoms with Crippen molar-refractivity contribution in [1.29, 1.82) is 0 Å². The number of rotatable bonds is 2. The van der Waals surface area contributed by atoms with E-state index in [1.807, 2.05) is 6.07 Å². The third-order valence-corrected chi connectivity index (χ3v) is 3.71. The van der Waals surface area contributed by atoms with E-state index in [1.54, 1.807) is 7.11 Å². The Hall–Kier alpha value is -0.610. The zero-order chi connectivity index (χ0) is 11.5. The minimum atomic E-state index is -0.281. The smallest absolute Gasteiger partial charge is 0.141 e. The van der Waals surface area contributed by atoms with Crippen LogP contribution < -0.4 is 10.1 Å². The van der Waals surface area contributed by atoms with Crippen LogP contribution in [0.25, 0.3) is 0 Å². The Kier molecular flexibility index (Phi) is 3.82. The fraction of sp³-hybridized carbons (Fsp3) is 0.500. The van der Waals surface area contributed by atoms with Crippen LogP contribution >= 0.6 is 15.9 Å². The van der Waals surface area contributed by atoms with E-state index >= 15 is 0 Å². The molecular formula is C12H15BrFNO. The van der Waals surface area contributed by atoms with Gasteiger partial charge in [0.1, 0.15) is 11.6 Å². The number of methoxy groups -OCH3 is 1. The average Bonchev–Trinajstić information content (AvgIpc) is 2.33. The summed E-state index contributed by atoms with van der Waals surface area (Å²) in [4.78, 5) is 0. The summed E-state index contributed by atoms with van der Waals surface area (Å²) in [6.45, 7) is 1.02. The molecule has 1 N–H and O–H groups in total. The third kappa shape index (κ3) is 2.23. The molecule has 1 aromatic carbocycles. The maximum atomic E-state index is 13.4. The van der Waals surface area contributed by atoms with Gasteiger partial charge in [-0.15, -0.1) is 0 Å². The molecular weight excluding hydrogens is 273 g/mol. The summed E-state index contributed by atoms with van der Waals surface area (Å²) in [5, 5.41) is 3.43. The highest BCUT2D eigenvalue weighted by molar-refractivity contribution is 9.10. The van der Waals surface area contributed by atoms with E-state index in [4.69, 9.17) is 4.74 Å². The second-order valence-corrected chi connectivity index (χ2v) is 4.78. The van der Waals surface area contributed by atoms with Gasteiger partial charge >= 0.3 is 0 Å². The molecule has 1 aliphatic rings. The van der Waals surface area contributed by atoms with Crippen LogP contribution in [0.2, 0.25) is 0 Å². The Bertz CT molecular complexity index is 378. The van der Waals surface area contributed by atoms with Gasteiger partial charge in [0.15, 0.2) is 0 Å². The lowest BCUT2D eigenvalue weighted by atomic mass is 9.97. The molecule has 1 heterocycles. The van der Waals surface area contributed by atoms with Gasteiger partial charge in [0, 0.05) is 11.6 Å². The fourth-order valence-corrected chi connectivity index (χ4v) is 2.67.